The molecule has 1 fully saturated rings. The number of hydrogen-bond donors (Lipinski definition) is 1. The number of anilines is 1. The summed E-state index contributed by atoms with van der Waals surface area (Å²) in [5.41, 5.74) is 1.94. The van der Waals surface area contributed by atoms with Crippen LogP contribution in [0, 0.1) is 18.3 Å². The van der Waals surface area contributed by atoms with E-state index in [1.54, 1.807) is 0 Å². The van der Waals surface area contributed by atoms with Crippen LogP contribution >= 0.6 is 0 Å². The molecule has 3 rings (SSSR count). The third-order valence-corrected chi connectivity index (χ3v) is 2.75. The molecule has 0 bridgehead atoms. The van der Waals surface area contributed by atoms with Gasteiger partial charge >= 0.3 is 0 Å². The first-order valence-corrected chi connectivity index (χ1v) is 4.91. The smallest absolute Gasteiger partial charge is 0.173 e. The maximum absolute atomic E-state index is 5.75. The Morgan fingerprint density at radius 2 is 2.29 bits per heavy atom. The maximum atomic E-state index is 5.75. The topological polar surface area (TPSA) is 21.3 Å². The monoisotopic (exact) mass is 185 g/mol. The van der Waals surface area contributed by atoms with E-state index in [4.69, 9.17) is 11.2 Å². The average molecular weight is 185 g/mol. The average Bonchev–Trinajstić information content (AvgIpc) is 2.97. The molecule has 1 aromatic carbocycles. The van der Waals surface area contributed by atoms with Crippen LogP contribution in [-0.2, 0) is 0 Å². The van der Waals surface area contributed by atoms with Gasteiger partial charge in [-0.1, -0.05) is 5.92 Å². The Hall–Kier alpha value is -1.62. The molecule has 1 aliphatic heterocycles. The molecule has 0 aromatic heterocycles. The van der Waals surface area contributed by atoms with Gasteiger partial charge in [-0.2, -0.15) is 0 Å². The number of nitrogens with one attached hydrogen (secondary N) is 1. The van der Waals surface area contributed by atoms with E-state index in [9.17, 15) is 0 Å². The van der Waals surface area contributed by atoms with Crippen molar-refractivity contribution in [3.05, 3.63) is 23.8 Å². The van der Waals surface area contributed by atoms with Gasteiger partial charge in [0.25, 0.3) is 0 Å². The summed E-state index contributed by atoms with van der Waals surface area (Å²) < 4.78 is 5.75. The number of terminal acetylenes is 1. The lowest BCUT2D eigenvalue weighted by atomic mass is 10.2. The summed E-state index contributed by atoms with van der Waals surface area (Å²) in [6, 6.07) is 5.83. The molecule has 1 atom stereocenters. The number of rotatable bonds is 1. The Kier molecular flexibility index (Phi) is 1.49. The van der Waals surface area contributed by atoms with Crippen LogP contribution in [0.1, 0.15) is 18.4 Å². The van der Waals surface area contributed by atoms with Crippen LogP contribution in [0.2, 0.25) is 0 Å². The summed E-state index contributed by atoms with van der Waals surface area (Å²) in [6.45, 7) is 0. The summed E-state index contributed by atoms with van der Waals surface area (Å²) in [5.74, 6) is 4.24. The van der Waals surface area contributed by atoms with Gasteiger partial charge in [-0.25, -0.2) is 0 Å². The Morgan fingerprint density at radius 3 is 3.00 bits per heavy atom. The van der Waals surface area contributed by atoms with Crippen molar-refractivity contribution in [2.45, 2.75) is 19.1 Å². The molecule has 0 amide bonds. The number of benzene rings is 1. The van der Waals surface area contributed by atoms with Crippen LogP contribution in [0.5, 0.6) is 5.75 Å². The molecule has 70 valence electrons. The zero-order valence-electron chi connectivity index (χ0n) is 7.79. The maximum Gasteiger partial charge on any atom is 0.173 e. The minimum Gasteiger partial charge on any atom is -0.468 e. The molecule has 1 aromatic rings. The molecular weight excluding hydrogens is 174 g/mol. The third-order valence-electron chi connectivity index (χ3n) is 2.75. The number of fused-ring (bicyclic) bond motifs is 1. The SMILES string of the molecule is C#Cc1ccc2c(c1)NC(C1CC1)O2. The minimum atomic E-state index is 0.179. The quantitative estimate of drug-likeness (QED) is 0.677. The Balaban J connectivity index is 1.90. The first-order chi connectivity index (χ1) is 6.86. The van der Waals surface area contributed by atoms with Crippen LogP contribution in [0.25, 0.3) is 0 Å². The van der Waals surface area contributed by atoms with Crippen LogP contribution in [-0.4, -0.2) is 6.23 Å². The predicted octanol–water partition coefficient (Wildman–Crippen LogP) is 2.21. The zero-order valence-corrected chi connectivity index (χ0v) is 7.79. The molecular formula is C12H11NO. The van der Waals surface area contributed by atoms with Crippen molar-refractivity contribution in [2.75, 3.05) is 5.32 Å². The van der Waals surface area contributed by atoms with Gasteiger partial charge in [-0.15, -0.1) is 6.42 Å². The van der Waals surface area contributed by atoms with Gasteiger partial charge in [0, 0.05) is 11.5 Å². The third kappa shape index (κ3) is 1.13. The molecule has 0 radical (unpaired) electrons. The Bertz CT molecular complexity index is 415. The van der Waals surface area contributed by atoms with Crippen molar-refractivity contribution in [3.63, 3.8) is 0 Å². The highest BCUT2D eigenvalue weighted by Crippen LogP contribution is 2.41. The molecule has 1 unspecified atom stereocenters. The van der Waals surface area contributed by atoms with Crippen molar-refractivity contribution in [3.8, 4) is 18.1 Å². The molecule has 2 heteroatoms. The second-order valence-corrected chi connectivity index (χ2v) is 3.88. The molecule has 1 aliphatic carbocycles. The summed E-state index contributed by atoms with van der Waals surface area (Å²) in [7, 11) is 0. The highest BCUT2D eigenvalue weighted by atomic mass is 16.5. The van der Waals surface area contributed by atoms with Gasteiger partial charge in [-0.3, -0.25) is 0 Å². The van der Waals surface area contributed by atoms with Gasteiger partial charge in [0.15, 0.2) is 6.23 Å². The Labute approximate surface area is 83.3 Å². The molecule has 0 spiro atoms. The van der Waals surface area contributed by atoms with Gasteiger partial charge in [0.2, 0.25) is 0 Å². The van der Waals surface area contributed by atoms with Gasteiger partial charge in [0.1, 0.15) is 5.75 Å². The van der Waals surface area contributed by atoms with Crippen molar-refractivity contribution in [2.24, 2.45) is 5.92 Å². The van der Waals surface area contributed by atoms with Crippen molar-refractivity contribution in [1.82, 2.24) is 0 Å². The van der Waals surface area contributed by atoms with E-state index in [1.165, 1.54) is 12.8 Å². The normalized spacial score (nSPS) is 23.2. The molecule has 0 saturated heterocycles. The van der Waals surface area contributed by atoms with Crippen molar-refractivity contribution >= 4 is 5.69 Å². The summed E-state index contributed by atoms with van der Waals surface area (Å²) in [6.07, 6.45) is 8.05. The lowest BCUT2D eigenvalue weighted by molar-refractivity contribution is 0.228. The van der Waals surface area contributed by atoms with E-state index >= 15 is 0 Å². The van der Waals surface area contributed by atoms with E-state index in [-0.39, 0.29) is 6.23 Å². The lowest BCUT2D eigenvalue weighted by Gasteiger charge is -2.08. The second kappa shape index (κ2) is 2.68. The van der Waals surface area contributed by atoms with Crippen LogP contribution in [0.3, 0.4) is 0 Å². The first kappa shape index (κ1) is 7.75. The highest BCUT2D eigenvalue weighted by Gasteiger charge is 2.36. The minimum absolute atomic E-state index is 0.179. The molecule has 14 heavy (non-hydrogen) atoms. The fourth-order valence-corrected chi connectivity index (χ4v) is 1.77. The summed E-state index contributed by atoms with van der Waals surface area (Å²) >= 11 is 0. The zero-order chi connectivity index (χ0) is 9.54. The molecule has 1 saturated carbocycles. The summed E-state index contributed by atoms with van der Waals surface area (Å²) in [4.78, 5) is 0. The second-order valence-electron chi connectivity index (χ2n) is 3.88. The molecule has 1 heterocycles. The molecule has 2 aliphatic rings. The number of hydrogen-bond acceptors (Lipinski definition) is 2. The fraction of sp³-hybridized carbons (Fsp3) is 0.333. The van der Waals surface area contributed by atoms with E-state index in [2.05, 4.69) is 11.2 Å². The van der Waals surface area contributed by atoms with E-state index in [0.717, 1.165) is 17.0 Å². The van der Waals surface area contributed by atoms with Gasteiger partial charge in [-0.05, 0) is 31.0 Å². The van der Waals surface area contributed by atoms with Crippen LogP contribution in [0.4, 0.5) is 5.69 Å². The summed E-state index contributed by atoms with van der Waals surface area (Å²) in [5, 5.41) is 3.35. The van der Waals surface area contributed by atoms with Gasteiger partial charge in [0.05, 0.1) is 5.69 Å². The molecule has 1 N–H and O–H groups in total. The van der Waals surface area contributed by atoms with Gasteiger partial charge < -0.3 is 10.1 Å². The standard InChI is InChI=1S/C12H11NO/c1-2-8-3-6-11-10(7-8)13-12(14-11)9-4-5-9/h1,3,6-7,9,12-13H,4-5H2. The molecule has 2 nitrogen and oxygen atoms in total. The lowest BCUT2D eigenvalue weighted by Crippen LogP contribution is -2.22. The Morgan fingerprint density at radius 1 is 1.43 bits per heavy atom. The number of ether oxygens (including phenoxy) is 1. The van der Waals surface area contributed by atoms with Crippen LogP contribution in [0.15, 0.2) is 18.2 Å². The van der Waals surface area contributed by atoms with E-state index in [1.807, 2.05) is 18.2 Å². The van der Waals surface area contributed by atoms with E-state index in [0.29, 0.717) is 5.92 Å². The van der Waals surface area contributed by atoms with E-state index < -0.39 is 0 Å². The predicted molar refractivity (Wildman–Crippen MR) is 55.1 cm³/mol. The largest absolute Gasteiger partial charge is 0.468 e. The van der Waals surface area contributed by atoms with Crippen molar-refractivity contribution in [1.29, 1.82) is 0 Å². The fourth-order valence-electron chi connectivity index (χ4n) is 1.77. The van der Waals surface area contributed by atoms with Crippen LogP contribution < -0.4 is 10.1 Å². The highest BCUT2D eigenvalue weighted by molar-refractivity contribution is 5.63. The first-order valence-electron chi connectivity index (χ1n) is 4.91. The van der Waals surface area contributed by atoms with Crippen molar-refractivity contribution < 1.29 is 4.74 Å².